The van der Waals surface area contributed by atoms with Gasteiger partial charge in [-0.1, -0.05) is 30.3 Å². The van der Waals surface area contributed by atoms with Crippen molar-refractivity contribution in [2.24, 2.45) is 0 Å². The first-order valence-corrected chi connectivity index (χ1v) is 11.1. The third-order valence-electron chi connectivity index (χ3n) is 5.78. The highest BCUT2D eigenvalue weighted by molar-refractivity contribution is 7.18. The summed E-state index contributed by atoms with van der Waals surface area (Å²) in [5.41, 5.74) is 2.07. The van der Waals surface area contributed by atoms with E-state index in [4.69, 9.17) is 4.74 Å². The van der Waals surface area contributed by atoms with Gasteiger partial charge >= 0.3 is 0 Å². The summed E-state index contributed by atoms with van der Waals surface area (Å²) < 4.78 is 7.36. The minimum atomic E-state index is -0.00860. The predicted octanol–water partition coefficient (Wildman–Crippen LogP) is 3.24. The highest BCUT2D eigenvalue weighted by Crippen LogP contribution is 2.32. The van der Waals surface area contributed by atoms with Crippen molar-refractivity contribution in [1.82, 2.24) is 14.5 Å². The molecule has 6 nitrogen and oxygen atoms in total. The summed E-state index contributed by atoms with van der Waals surface area (Å²) in [7, 11) is 0. The fraction of sp³-hybridized carbons (Fsp3) is 0.348. The number of nitrogens with zero attached hydrogens (tertiary/aromatic N) is 3. The Morgan fingerprint density at radius 1 is 1.30 bits per heavy atom. The van der Waals surface area contributed by atoms with E-state index in [1.807, 2.05) is 41.3 Å². The standard InChI is InChI=1S/C23H23N3O3S/c27-20(9-8-16-5-2-1-3-6-16)25-11-10-18-19(14-25)30-22-21(18)23(28)26(15-24-22)13-17-7-4-12-29-17/h1-3,5-6,8-9,15,17H,4,7,10-14H2/b9-8+. The number of aromatic nitrogens is 2. The van der Waals surface area contributed by atoms with Crippen LogP contribution in [0.15, 0.2) is 47.5 Å². The second-order valence-electron chi connectivity index (χ2n) is 7.77. The zero-order valence-electron chi connectivity index (χ0n) is 16.6. The Morgan fingerprint density at radius 3 is 2.97 bits per heavy atom. The molecule has 30 heavy (non-hydrogen) atoms. The fourth-order valence-electron chi connectivity index (χ4n) is 4.18. The van der Waals surface area contributed by atoms with Crippen LogP contribution in [0.1, 0.15) is 28.8 Å². The Labute approximate surface area is 178 Å². The summed E-state index contributed by atoms with van der Waals surface area (Å²) >= 11 is 1.53. The van der Waals surface area contributed by atoms with Crippen molar-refractivity contribution >= 4 is 33.5 Å². The number of hydrogen-bond donors (Lipinski definition) is 0. The highest BCUT2D eigenvalue weighted by Gasteiger charge is 2.26. The molecule has 3 aromatic rings. The maximum atomic E-state index is 13.1. The molecule has 4 heterocycles. The molecule has 0 radical (unpaired) electrons. The lowest BCUT2D eigenvalue weighted by molar-refractivity contribution is -0.126. The lowest BCUT2D eigenvalue weighted by Gasteiger charge is -2.25. The normalized spacial score (nSPS) is 18.9. The van der Waals surface area contributed by atoms with Crippen LogP contribution in [-0.2, 0) is 29.0 Å². The zero-order valence-corrected chi connectivity index (χ0v) is 17.4. The number of thiophene rings is 1. The van der Waals surface area contributed by atoms with Gasteiger partial charge in [0.25, 0.3) is 5.56 Å². The first-order chi connectivity index (χ1) is 14.7. The molecular weight excluding hydrogens is 398 g/mol. The summed E-state index contributed by atoms with van der Waals surface area (Å²) in [5.74, 6) is -0.00860. The van der Waals surface area contributed by atoms with Gasteiger partial charge in [0.05, 0.1) is 30.9 Å². The molecular formula is C23H23N3O3S. The monoisotopic (exact) mass is 421 g/mol. The molecule has 2 aliphatic rings. The minimum Gasteiger partial charge on any atom is -0.376 e. The molecule has 0 spiro atoms. The SMILES string of the molecule is O=C(/C=C/c1ccccc1)N1CCc2c(sc3ncn(CC4CCCO4)c(=O)c23)C1. The summed E-state index contributed by atoms with van der Waals surface area (Å²) in [6.07, 6.45) is 7.92. The van der Waals surface area contributed by atoms with Crippen molar-refractivity contribution in [3.63, 3.8) is 0 Å². The molecule has 1 fully saturated rings. The van der Waals surface area contributed by atoms with Crippen LogP contribution in [-0.4, -0.2) is 39.6 Å². The van der Waals surface area contributed by atoms with E-state index in [9.17, 15) is 9.59 Å². The number of carbonyl (C=O) groups is 1. The maximum absolute atomic E-state index is 13.1. The van der Waals surface area contributed by atoms with Gasteiger partial charge in [-0.05, 0) is 36.5 Å². The Balaban J connectivity index is 1.37. The van der Waals surface area contributed by atoms with Gasteiger partial charge in [-0.25, -0.2) is 4.98 Å². The van der Waals surface area contributed by atoms with Crippen molar-refractivity contribution in [2.75, 3.05) is 13.2 Å². The average molecular weight is 422 g/mol. The quantitative estimate of drug-likeness (QED) is 0.607. The van der Waals surface area contributed by atoms with Gasteiger partial charge in [0, 0.05) is 24.1 Å². The van der Waals surface area contributed by atoms with E-state index in [2.05, 4.69) is 4.98 Å². The Kier molecular flexibility index (Phi) is 5.23. The Hall–Kier alpha value is -2.77. The Bertz CT molecular complexity index is 1160. The van der Waals surface area contributed by atoms with Crippen LogP contribution in [0.25, 0.3) is 16.3 Å². The molecule has 1 atom stereocenters. The van der Waals surface area contributed by atoms with Gasteiger partial charge in [-0.3, -0.25) is 14.2 Å². The second-order valence-corrected chi connectivity index (χ2v) is 8.86. The number of carbonyl (C=O) groups excluding carboxylic acids is 1. The van der Waals surface area contributed by atoms with Gasteiger partial charge in [-0.15, -0.1) is 11.3 Å². The molecule has 7 heteroatoms. The molecule has 1 unspecified atom stereocenters. The Morgan fingerprint density at radius 2 is 2.17 bits per heavy atom. The third-order valence-corrected chi connectivity index (χ3v) is 6.91. The van der Waals surface area contributed by atoms with Crippen molar-refractivity contribution in [1.29, 1.82) is 0 Å². The van der Waals surface area contributed by atoms with E-state index < -0.39 is 0 Å². The van der Waals surface area contributed by atoms with Gasteiger partial charge in [0.1, 0.15) is 4.83 Å². The van der Waals surface area contributed by atoms with Crippen molar-refractivity contribution in [3.8, 4) is 0 Å². The van der Waals surface area contributed by atoms with E-state index in [1.54, 1.807) is 17.0 Å². The molecule has 1 aromatic carbocycles. The summed E-state index contributed by atoms with van der Waals surface area (Å²) in [5, 5.41) is 0.724. The van der Waals surface area contributed by atoms with Crippen LogP contribution >= 0.6 is 11.3 Å². The van der Waals surface area contributed by atoms with Crippen LogP contribution < -0.4 is 5.56 Å². The predicted molar refractivity (Wildman–Crippen MR) is 117 cm³/mol. The molecule has 2 aliphatic heterocycles. The van der Waals surface area contributed by atoms with E-state index in [0.29, 0.717) is 26.1 Å². The molecule has 1 amide bonds. The molecule has 0 N–H and O–H groups in total. The number of benzene rings is 1. The number of hydrogen-bond acceptors (Lipinski definition) is 5. The number of fused-ring (bicyclic) bond motifs is 3. The smallest absolute Gasteiger partial charge is 0.262 e. The summed E-state index contributed by atoms with van der Waals surface area (Å²) in [6, 6.07) is 9.80. The van der Waals surface area contributed by atoms with Crippen LogP contribution in [0.5, 0.6) is 0 Å². The van der Waals surface area contributed by atoms with Gasteiger partial charge in [0.2, 0.25) is 5.91 Å². The molecule has 0 aliphatic carbocycles. The fourth-order valence-corrected chi connectivity index (χ4v) is 5.38. The lowest BCUT2D eigenvalue weighted by Crippen LogP contribution is -2.34. The first-order valence-electron chi connectivity index (χ1n) is 10.3. The van der Waals surface area contributed by atoms with Crippen molar-refractivity contribution < 1.29 is 9.53 Å². The first kappa shape index (κ1) is 19.2. The summed E-state index contributed by atoms with van der Waals surface area (Å²) in [4.78, 5) is 34.0. The molecule has 154 valence electrons. The summed E-state index contributed by atoms with van der Waals surface area (Å²) in [6.45, 7) is 2.46. The maximum Gasteiger partial charge on any atom is 0.262 e. The van der Waals surface area contributed by atoms with Gasteiger partial charge in [-0.2, -0.15) is 0 Å². The zero-order chi connectivity index (χ0) is 20.5. The largest absolute Gasteiger partial charge is 0.376 e. The van der Waals surface area contributed by atoms with E-state index in [0.717, 1.165) is 45.7 Å². The molecule has 0 bridgehead atoms. The van der Waals surface area contributed by atoms with E-state index >= 15 is 0 Å². The highest BCUT2D eigenvalue weighted by atomic mass is 32.1. The van der Waals surface area contributed by atoms with Crippen LogP contribution in [0.4, 0.5) is 0 Å². The lowest BCUT2D eigenvalue weighted by atomic mass is 10.1. The number of amides is 1. The van der Waals surface area contributed by atoms with Gasteiger partial charge in [0.15, 0.2) is 0 Å². The van der Waals surface area contributed by atoms with Crippen molar-refractivity contribution in [2.45, 2.75) is 38.5 Å². The third kappa shape index (κ3) is 3.70. The second kappa shape index (κ2) is 8.16. The molecule has 2 aromatic heterocycles. The van der Waals surface area contributed by atoms with E-state index in [1.165, 1.54) is 11.3 Å². The topological polar surface area (TPSA) is 64.4 Å². The van der Waals surface area contributed by atoms with Crippen LogP contribution in [0, 0.1) is 0 Å². The molecule has 1 saturated heterocycles. The number of ether oxygens (including phenoxy) is 1. The molecule has 0 saturated carbocycles. The van der Waals surface area contributed by atoms with Crippen molar-refractivity contribution in [3.05, 3.63) is 69.1 Å². The van der Waals surface area contributed by atoms with E-state index in [-0.39, 0.29) is 17.6 Å². The van der Waals surface area contributed by atoms with Crippen LogP contribution in [0.2, 0.25) is 0 Å². The van der Waals surface area contributed by atoms with Crippen LogP contribution in [0.3, 0.4) is 0 Å². The minimum absolute atomic E-state index is 0.00860. The molecule has 5 rings (SSSR count). The number of rotatable bonds is 4. The average Bonchev–Trinajstić information content (AvgIpc) is 3.42. The van der Waals surface area contributed by atoms with Gasteiger partial charge < -0.3 is 9.64 Å².